The highest BCUT2D eigenvalue weighted by atomic mass is 19.1. The SMILES string of the molecule is CC(C)N(Cc1cccc(F)c1)Cc1ccccc1N. The summed E-state index contributed by atoms with van der Waals surface area (Å²) in [5.41, 5.74) is 8.89. The van der Waals surface area contributed by atoms with Crippen LogP contribution in [-0.4, -0.2) is 10.9 Å². The molecule has 2 nitrogen and oxygen atoms in total. The van der Waals surface area contributed by atoms with Crippen molar-refractivity contribution in [3.8, 4) is 0 Å². The molecule has 2 rings (SSSR count). The molecule has 0 radical (unpaired) electrons. The maximum atomic E-state index is 13.3. The lowest BCUT2D eigenvalue weighted by Crippen LogP contribution is -2.30. The molecule has 0 aliphatic heterocycles. The van der Waals surface area contributed by atoms with E-state index < -0.39 is 0 Å². The second kappa shape index (κ2) is 6.53. The van der Waals surface area contributed by atoms with Crippen LogP contribution in [0.15, 0.2) is 48.5 Å². The molecule has 2 aromatic carbocycles. The molecule has 0 unspecified atom stereocenters. The van der Waals surface area contributed by atoms with Crippen molar-refractivity contribution in [1.82, 2.24) is 4.90 Å². The third-order valence-corrected chi connectivity index (χ3v) is 3.43. The molecule has 106 valence electrons. The number of anilines is 1. The van der Waals surface area contributed by atoms with Crippen LogP contribution in [0.2, 0.25) is 0 Å². The molecule has 0 amide bonds. The maximum Gasteiger partial charge on any atom is 0.123 e. The Kier molecular flexibility index (Phi) is 4.74. The minimum Gasteiger partial charge on any atom is -0.398 e. The average molecular weight is 272 g/mol. The van der Waals surface area contributed by atoms with Crippen LogP contribution in [0.1, 0.15) is 25.0 Å². The van der Waals surface area contributed by atoms with Crippen LogP contribution in [0.4, 0.5) is 10.1 Å². The molecular formula is C17H21FN2. The van der Waals surface area contributed by atoms with Crippen LogP contribution in [0.3, 0.4) is 0 Å². The van der Waals surface area contributed by atoms with Crippen LogP contribution in [0.25, 0.3) is 0 Å². The van der Waals surface area contributed by atoms with Gasteiger partial charge in [-0.15, -0.1) is 0 Å². The third-order valence-electron chi connectivity index (χ3n) is 3.43. The molecule has 3 heteroatoms. The molecule has 2 aromatic rings. The summed E-state index contributed by atoms with van der Waals surface area (Å²) in [5.74, 6) is -0.189. The molecule has 0 bridgehead atoms. The molecule has 0 fully saturated rings. The fraction of sp³-hybridized carbons (Fsp3) is 0.294. The minimum absolute atomic E-state index is 0.189. The van der Waals surface area contributed by atoms with Gasteiger partial charge in [0.1, 0.15) is 5.82 Å². The second-order valence-corrected chi connectivity index (χ2v) is 5.33. The van der Waals surface area contributed by atoms with E-state index in [2.05, 4.69) is 18.7 Å². The average Bonchev–Trinajstić information content (AvgIpc) is 2.40. The summed E-state index contributed by atoms with van der Waals surface area (Å²) in [6.07, 6.45) is 0. The van der Waals surface area contributed by atoms with E-state index in [0.29, 0.717) is 12.6 Å². The topological polar surface area (TPSA) is 29.3 Å². The summed E-state index contributed by atoms with van der Waals surface area (Å²) in [6.45, 7) is 5.75. The molecule has 0 aliphatic rings. The van der Waals surface area contributed by atoms with Gasteiger partial charge in [0.25, 0.3) is 0 Å². The Bertz CT molecular complexity index is 566. The van der Waals surface area contributed by atoms with Gasteiger partial charge in [0.15, 0.2) is 0 Å². The van der Waals surface area contributed by atoms with E-state index in [-0.39, 0.29) is 5.82 Å². The number of nitrogens with zero attached hydrogens (tertiary/aromatic N) is 1. The van der Waals surface area contributed by atoms with Crippen LogP contribution >= 0.6 is 0 Å². The monoisotopic (exact) mass is 272 g/mol. The van der Waals surface area contributed by atoms with Crippen molar-refractivity contribution in [1.29, 1.82) is 0 Å². The number of para-hydroxylation sites is 1. The van der Waals surface area contributed by atoms with Gasteiger partial charge >= 0.3 is 0 Å². The Morgan fingerprint density at radius 3 is 2.45 bits per heavy atom. The lowest BCUT2D eigenvalue weighted by Gasteiger charge is -2.27. The molecule has 0 spiro atoms. The van der Waals surface area contributed by atoms with Crippen molar-refractivity contribution in [2.24, 2.45) is 0 Å². The number of hydrogen-bond donors (Lipinski definition) is 1. The fourth-order valence-electron chi connectivity index (χ4n) is 2.19. The number of nitrogens with two attached hydrogens (primary N) is 1. The summed E-state index contributed by atoms with van der Waals surface area (Å²) >= 11 is 0. The molecule has 0 aromatic heterocycles. The lowest BCUT2D eigenvalue weighted by atomic mass is 10.1. The van der Waals surface area contributed by atoms with Crippen molar-refractivity contribution in [3.63, 3.8) is 0 Å². The summed E-state index contributed by atoms with van der Waals surface area (Å²) < 4.78 is 13.3. The zero-order valence-corrected chi connectivity index (χ0v) is 12.0. The van der Waals surface area contributed by atoms with Gasteiger partial charge < -0.3 is 5.73 Å². The number of rotatable bonds is 5. The molecule has 20 heavy (non-hydrogen) atoms. The first kappa shape index (κ1) is 14.5. The first-order valence-electron chi connectivity index (χ1n) is 6.88. The summed E-state index contributed by atoms with van der Waals surface area (Å²) in [6, 6.07) is 15.0. The van der Waals surface area contributed by atoms with Gasteiger partial charge in [-0.1, -0.05) is 30.3 Å². The van der Waals surface area contributed by atoms with Gasteiger partial charge in [0.2, 0.25) is 0 Å². The fourth-order valence-corrected chi connectivity index (χ4v) is 2.19. The first-order valence-corrected chi connectivity index (χ1v) is 6.88. The predicted molar refractivity (Wildman–Crippen MR) is 81.6 cm³/mol. The summed E-state index contributed by atoms with van der Waals surface area (Å²) in [4.78, 5) is 2.28. The van der Waals surface area contributed by atoms with Crippen LogP contribution in [0.5, 0.6) is 0 Å². The highest BCUT2D eigenvalue weighted by Gasteiger charge is 2.12. The minimum atomic E-state index is -0.189. The molecule has 0 saturated carbocycles. The van der Waals surface area contributed by atoms with Crippen molar-refractivity contribution in [2.45, 2.75) is 33.0 Å². The highest BCUT2D eigenvalue weighted by Crippen LogP contribution is 2.17. The van der Waals surface area contributed by atoms with Crippen molar-refractivity contribution < 1.29 is 4.39 Å². The van der Waals surface area contributed by atoms with E-state index in [4.69, 9.17) is 5.73 Å². The van der Waals surface area contributed by atoms with E-state index in [1.807, 2.05) is 30.3 Å². The first-order chi connectivity index (χ1) is 9.56. The smallest absolute Gasteiger partial charge is 0.123 e. The van der Waals surface area contributed by atoms with E-state index in [0.717, 1.165) is 23.4 Å². The molecule has 2 N–H and O–H groups in total. The Labute approximate surface area is 120 Å². The zero-order valence-electron chi connectivity index (χ0n) is 12.0. The molecule has 0 aliphatic carbocycles. The van der Waals surface area contributed by atoms with Gasteiger partial charge in [-0.25, -0.2) is 4.39 Å². The molecule has 0 saturated heterocycles. The maximum absolute atomic E-state index is 13.3. The Balaban J connectivity index is 2.14. The van der Waals surface area contributed by atoms with E-state index in [9.17, 15) is 4.39 Å². The third kappa shape index (κ3) is 3.81. The van der Waals surface area contributed by atoms with Gasteiger partial charge in [0, 0.05) is 24.8 Å². The van der Waals surface area contributed by atoms with E-state index in [1.165, 1.54) is 6.07 Å². The zero-order chi connectivity index (χ0) is 14.5. The largest absolute Gasteiger partial charge is 0.398 e. The Morgan fingerprint density at radius 1 is 1.05 bits per heavy atom. The summed E-state index contributed by atoms with van der Waals surface area (Å²) in [5, 5.41) is 0. The number of nitrogen functional groups attached to an aromatic ring is 1. The van der Waals surface area contributed by atoms with Crippen LogP contribution < -0.4 is 5.73 Å². The van der Waals surface area contributed by atoms with E-state index >= 15 is 0 Å². The number of halogens is 1. The van der Waals surface area contributed by atoms with Gasteiger partial charge in [0.05, 0.1) is 0 Å². The van der Waals surface area contributed by atoms with Crippen molar-refractivity contribution >= 4 is 5.69 Å². The Hall–Kier alpha value is -1.87. The normalized spacial score (nSPS) is 11.2. The summed E-state index contributed by atoms with van der Waals surface area (Å²) in [7, 11) is 0. The predicted octanol–water partition coefficient (Wildman–Crippen LogP) is 3.82. The van der Waals surface area contributed by atoms with Gasteiger partial charge in [-0.2, -0.15) is 0 Å². The number of benzene rings is 2. The van der Waals surface area contributed by atoms with Crippen molar-refractivity contribution in [3.05, 3.63) is 65.5 Å². The van der Waals surface area contributed by atoms with Crippen LogP contribution in [-0.2, 0) is 13.1 Å². The van der Waals surface area contributed by atoms with Crippen LogP contribution in [0, 0.1) is 5.82 Å². The van der Waals surface area contributed by atoms with Gasteiger partial charge in [-0.3, -0.25) is 4.90 Å². The number of hydrogen-bond acceptors (Lipinski definition) is 2. The second-order valence-electron chi connectivity index (χ2n) is 5.33. The molecule has 0 atom stereocenters. The van der Waals surface area contributed by atoms with E-state index in [1.54, 1.807) is 12.1 Å². The van der Waals surface area contributed by atoms with Gasteiger partial charge in [-0.05, 0) is 43.2 Å². The standard InChI is InChI=1S/C17H21FN2/c1-13(2)20(11-14-6-5-8-16(18)10-14)12-15-7-3-4-9-17(15)19/h3-10,13H,11-12,19H2,1-2H3. The molecular weight excluding hydrogens is 251 g/mol. The Morgan fingerprint density at radius 2 is 1.80 bits per heavy atom. The van der Waals surface area contributed by atoms with Crippen molar-refractivity contribution in [2.75, 3.05) is 5.73 Å². The highest BCUT2D eigenvalue weighted by molar-refractivity contribution is 5.46. The lowest BCUT2D eigenvalue weighted by molar-refractivity contribution is 0.204. The molecule has 0 heterocycles. The quantitative estimate of drug-likeness (QED) is 0.838.